The lowest BCUT2D eigenvalue weighted by atomic mass is 9.98. The molecule has 0 bridgehead atoms. The summed E-state index contributed by atoms with van der Waals surface area (Å²) in [4.78, 5) is 14.2. The van der Waals surface area contributed by atoms with Crippen LogP contribution in [-0.4, -0.2) is 30.1 Å². The van der Waals surface area contributed by atoms with E-state index in [2.05, 4.69) is 19.2 Å². The van der Waals surface area contributed by atoms with Gasteiger partial charge in [0.1, 0.15) is 0 Å². The molecule has 1 saturated carbocycles. The van der Waals surface area contributed by atoms with Gasteiger partial charge in [0.15, 0.2) is 0 Å². The van der Waals surface area contributed by atoms with Crippen molar-refractivity contribution in [2.75, 3.05) is 13.1 Å². The Hall–Kier alpha value is -0.730. The molecule has 0 aromatic carbocycles. The Morgan fingerprint density at radius 1 is 1.06 bits per heavy atom. The zero-order chi connectivity index (χ0) is 12.3. The highest BCUT2D eigenvalue weighted by Crippen LogP contribution is 2.31. The molecule has 0 spiro atoms. The molecule has 3 nitrogen and oxygen atoms in total. The van der Waals surface area contributed by atoms with E-state index < -0.39 is 0 Å². The fourth-order valence-corrected chi connectivity index (χ4v) is 3.09. The van der Waals surface area contributed by atoms with Gasteiger partial charge in [-0.1, -0.05) is 26.7 Å². The second-order valence-electron chi connectivity index (χ2n) is 5.87. The largest absolute Gasteiger partial charge is 0.335 e. The second-order valence-corrected chi connectivity index (χ2v) is 5.87. The Morgan fingerprint density at radius 2 is 1.71 bits per heavy atom. The minimum Gasteiger partial charge on any atom is -0.335 e. The Bertz CT molecular complexity index is 259. The van der Waals surface area contributed by atoms with E-state index in [9.17, 15) is 4.79 Å². The van der Waals surface area contributed by atoms with Gasteiger partial charge in [-0.05, 0) is 37.5 Å². The van der Waals surface area contributed by atoms with E-state index in [1.54, 1.807) is 0 Å². The highest BCUT2D eigenvalue weighted by Gasteiger charge is 2.31. The van der Waals surface area contributed by atoms with Crippen LogP contribution < -0.4 is 5.32 Å². The maximum atomic E-state index is 12.2. The van der Waals surface area contributed by atoms with Gasteiger partial charge >= 0.3 is 6.03 Å². The summed E-state index contributed by atoms with van der Waals surface area (Å²) in [7, 11) is 0. The SMILES string of the molecule is CC1CCC(NC(=O)N2CCCCCC2)C1C. The van der Waals surface area contributed by atoms with Crippen molar-refractivity contribution >= 4 is 6.03 Å². The maximum absolute atomic E-state index is 12.2. The summed E-state index contributed by atoms with van der Waals surface area (Å²) < 4.78 is 0. The summed E-state index contributed by atoms with van der Waals surface area (Å²) in [5, 5.41) is 3.24. The van der Waals surface area contributed by atoms with Gasteiger partial charge in [0, 0.05) is 19.1 Å². The Labute approximate surface area is 105 Å². The molecule has 2 rings (SSSR count). The lowest BCUT2D eigenvalue weighted by Gasteiger charge is -2.26. The Morgan fingerprint density at radius 3 is 2.24 bits per heavy atom. The zero-order valence-electron chi connectivity index (χ0n) is 11.2. The minimum absolute atomic E-state index is 0.179. The molecule has 17 heavy (non-hydrogen) atoms. The molecule has 1 saturated heterocycles. The summed E-state index contributed by atoms with van der Waals surface area (Å²) in [6.45, 7) is 6.46. The first-order valence-corrected chi connectivity index (χ1v) is 7.24. The Balaban J connectivity index is 1.83. The fraction of sp³-hybridized carbons (Fsp3) is 0.929. The van der Waals surface area contributed by atoms with Crippen LogP contribution in [0.3, 0.4) is 0 Å². The van der Waals surface area contributed by atoms with Gasteiger partial charge in [0.25, 0.3) is 0 Å². The van der Waals surface area contributed by atoms with Crippen LogP contribution in [0.2, 0.25) is 0 Å². The molecule has 0 aromatic rings. The number of rotatable bonds is 1. The third-order valence-corrected chi connectivity index (χ3v) is 4.67. The van der Waals surface area contributed by atoms with Crippen molar-refractivity contribution in [3.8, 4) is 0 Å². The van der Waals surface area contributed by atoms with Crippen LogP contribution in [0.5, 0.6) is 0 Å². The number of carbonyl (C=O) groups excluding carboxylic acids is 1. The van der Waals surface area contributed by atoms with Crippen LogP contribution in [0.25, 0.3) is 0 Å². The molecule has 3 heteroatoms. The molecule has 1 N–H and O–H groups in total. The molecular weight excluding hydrogens is 212 g/mol. The van der Waals surface area contributed by atoms with E-state index >= 15 is 0 Å². The Kier molecular flexibility index (Phi) is 4.30. The maximum Gasteiger partial charge on any atom is 0.317 e. The van der Waals surface area contributed by atoms with Gasteiger partial charge in [-0.15, -0.1) is 0 Å². The second kappa shape index (κ2) is 5.74. The van der Waals surface area contributed by atoms with E-state index in [0.29, 0.717) is 12.0 Å². The van der Waals surface area contributed by atoms with E-state index in [4.69, 9.17) is 0 Å². The number of nitrogens with zero attached hydrogens (tertiary/aromatic N) is 1. The van der Waals surface area contributed by atoms with Crippen molar-refractivity contribution < 1.29 is 4.79 Å². The molecule has 2 amide bonds. The number of nitrogens with one attached hydrogen (secondary N) is 1. The summed E-state index contributed by atoms with van der Waals surface area (Å²) in [6, 6.07) is 0.582. The van der Waals surface area contributed by atoms with Crippen molar-refractivity contribution in [3.05, 3.63) is 0 Å². The quantitative estimate of drug-likeness (QED) is 0.748. The van der Waals surface area contributed by atoms with Crippen LogP contribution in [0.15, 0.2) is 0 Å². The van der Waals surface area contributed by atoms with Crippen LogP contribution in [0.1, 0.15) is 52.4 Å². The third-order valence-electron chi connectivity index (χ3n) is 4.67. The van der Waals surface area contributed by atoms with Crippen LogP contribution in [-0.2, 0) is 0 Å². The van der Waals surface area contributed by atoms with Gasteiger partial charge in [-0.25, -0.2) is 4.79 Å². The molecular formula is C14H26N2O. The van der Waals surface area contributed by atoms with E-state index in [-0.39, 0.29) is 6.03 Å². The van der Waals surface area contributed by atoms with E-state index in [0.717, 1.165) is 25.4 Å². The molecule has 1 aliphatic carbocycles. The molecule has 98 valence electrons. The minimum atomic E-state index is 0.179. The van der Waals surface area contributed by atoms with Crippen molar-refractivity contribution in [2.45, 2.75) is 58.4 Å². The first-order valence-electron chi connectivity index (χ1n) is 7.24. The van der Waals surface area contributed by atoms with Crippen molar-refractivity contribution in [3.63, 3.8) is 0 Å². The molecule has 1 aliphatic heterocycles. The first-order chi connectivity index (χ1) is 8.18. The summed E-state index contributed by atoms with van der Waals surface area (Å²) >= 11 is 0. The summed E-state index contributed by atoms with van der Waals surface area (Å²) in [5.74, 6) is 1.38. The summed E-state index contributed by atoms with van der Waals surface area (Å²) in [5.41, 5.74) is 0. The van der Waals surface area contributed by atoms with Crippen molar-refractivity contribution in [1.82, 2.24) is 10.2 Å². The average Bonchev–Trinajstić information content (AvgIpc) is 2.59. The molecule has 3 unspecified atom stereocenters. The highest BCUT2D eigenvalue weighted by molar-refractivity contribution is 5.74. The van der Waals surface area contributed by atoms with Gasteiger partial charge in [0.05, 0.1) is 0 Å². The lowest BCUT2D eigenvalue weighted by Crippen LogP contribution is -2.46. The molecule has 2 aliphatic rings. The molecule has 2 fully saturated rings. The first kappa shape index (κ1) is 12.7. The number of hydrogen-bond acceptors (Lipinski definition) is 1. The molecule has 0 aromatic heterocycles. The topological polar surface area (TPSA) is 32.3 Å². The van der Waals surface area contributed by atoms with Crippen molar-refractivity contribution in [2.24, 2.45) is 11.8 Å². The third kappa shape index (κ3) is 3.14. The highest BCUT2D eigenvalue weighted by atomic mass is 16.2. The van der Waals surface area contributed by atoms with Gasteiger partial charge < -0.3 is 10.2 Å². The number of carbonyl (C=O) groups is 1. The predicted molar refractivity (Wildman–Crippen MR) is 69.9 cm³/mol. The van der Waals surface area contributed by atoms with Crippen LogP contribution >= 0.6 is 0 Å². The zero-order valence-corrected chi connectivity index (χ0v) is 11.2. The number of likely N-dealkylation sites (tertiary alicyclic amines) is 1. The number of amides is 2. The normalized spacial score (nSPS) is 34.5. The molecule has 3 atom stereocenters. The smallest absolute Gasteiger partial charge is 0.317 e. The van der Waals surface area contributed by atoms with E-state index in [1.807, 2.05) is 4.90 Å². The number of urea groups is 1. The predicted octanol–water partition coefficient (Wildman–Crippen LogP) is 3.01. The van der Waals surface area contributed by atoms with E-state index in [1.165, 1.54) is 32.1 Å². The van der Waals surface area contributed by atoms with Gasteiger partial charge in [-0.3, -0.25) is 0 Å². The summed E-state index contributed by atoms with van der Waals surface area (Å²) in [6.07, 6.45) is 7.31. The monoisotopic (exact) mass is 238 g/mol. The molecule has 1 heterocycles. The average molecular weight is 238 g/mol. The standard InChI is InChI=1S/C14H26N2O/c1-11-7-8-13(12(11)2)15-14(17)16-9-5-3-4-6-10-16/h11-13H,3-10H2,1-2H3,(H,15,17). The van der Waals surface area contributed by atoms with Crippen molar-refractivity contribution in [1.29, 1.82) is 0 Å². The van der Waals surface area contributed by atoms with Crippen LogP contribution in [0, 0.1) is 11.8 Å². The number of hydrogen-bond donors (Lipinski definition) is 1. The fourth-order valence-electron chi connectivity index (χ4n) is 3.09. The van der Waals surface area contributed by atoms with Gasteiger partial charge in [-0.2, -0.15) is 0 Å². The lowest BCUT2D eigenvalue weighted by molar-refractivity contribution is 0.192. The van der Waals surface area contributed by atoms with Gasteiger partial charge in [0.2, 0.25) is 0 Å². The van der Waals surface area contributed by atoms with Crippen LogP contribution in [0.4, 0.5) is 4.79 Å². The molecule has 0 radical (unpaired) electrons.